The molecule has 100 valence electrons. The third-order valence-corrected chi connectivity index (χ3v) is 2.21. The molecule has 0 heterocycles. The van der Waals surface area contributed by atoms with Crippen LogP contribution in [-0.4, -0.2) is 37.2 Å². The summed E-state index contributed by atoms with van der Waals surface area (Å²) in [4.78, 5) is 11.7. The summed E-state index contributed by atoms with van der Waals surface area (Å²) in [5, 5.41) is 10.4. The minimum absolute atomic E-state index is 0.0613. The number of methoxy groups -OCH3 is 1. The normalized spacial score (nSPS) is 11.1. The van der Waals surface area contributed by atoms with Gasteiger partial charge in [0.2, 0.25) is 0 Å². The summed E-state index contributed by atoms with van der Waals surface area (Å²) in [5.41, 5.74) is 5.88. The van der Waals surface area contributed by atoms with Crippen LogP contribution in [0.3, 0.4) is 0 Å². The Hall–Kier alpha value is -1.89. The van der Waals surface area contributed by atoms with Crippen LogP contribution in [0.5, 0.6) is 5.75 Å². The maximum atomic E-state index is 12.8. The predicted octanol–water partition coefficient (Wildman–Crippen LogP) is 0.635. The lowest BCUT2D eigenvalue weighted by atomic mass is 10.1. The fraction of sp³-hybridized carbons (Fsp3) is 0.364. The number of nitrogens with two attached hydrogens (primary N) is 1. The van der Waals surface area contributed by atoms with E-state index in [4.69, 9.17) is 15.6 Å². The fourth-order valence-electron chi connectivity index (χ4n) is 1.26. The molecule has 1 aromatic rings. The molecule has 0 saturated heterocycles. The molecule has 0 aliphatic carbocycles. The molecule has 4 N–H and O–H groups in total. The average Bonchev–Trinajstić information content (AvgIpc) is 2.36. The number of aliphatic hydroxyl groups is 1. The second kappa shape index (κ2) is 5.63. The van der Waals surface area contributed by atoms with Gasteiger partial charge in [-0.2, -0.15) is 0 Å². The zero-order valence-corrected chi connectivity index (χ0v) is 9.74. The van der Waals surface area contributed by atoms with Gasteiger partial charge in [-0.25, -0.2) is 8.78 Å². The molecule has 5 nitrogen and oxygen atoms in total. The number of carbonyl (C=O) groups is 1. The highest BCUT2D eigenvalue weighted by molar-refractivity contribution is 5.97. The van der Waals surface area contributed by atoms with E-state index >= 15 is 0 Å². The van der Waals surface area contributed by atoms with E-state index in [0.29, 0.717) is 5.69 Å². The van der Waals surface area contributed by atoms with Crippen molar-refractivity contribution in [1.29, 1.82) is 0 Å². The summed E-state index contributed by atoms with van der Waals surface area (Å²) in [6.45, 7) is -2.29. The highest BCUT2D eigenvalue weighted by Gasteiger charge is 2.28. The maximum Gasteiger partial charge on any atom is 0.287 e. The van der Waals surface area contributed by atoms with Crippen molar-refractivity contribution in [2.24, 2.45) is 0 Å². The van der Waals surface area contributed by atoms with Gasteiger partial charge in [-0.3, -0.25) is 4.79 Å². The van der Waals surface area contributed by atoms with Crippen molar-refractivity contribution in [3.05, 3.63) is 23.8 Å². The third kappa shape index (κ3) is 3.56. The number of nitrogen functional groups attached to an aromatic ring is 1. The fourth-order valence-corrected chi connectivity index (χ4v) is 1.26. The molecule has 0 aliphatic heterocycles. The van der Waals surface area contributed by atoms with E-state index in [2.05, 4.69) is 0 Å². The largest absolute Gasteiger partial charge is 0.496 e. The first-order valence-corrected chi connectivity index (χ1v) is 5.10. The van der Waals surface area contributed by atoms with Gasteiger partial charge in [0.25, 0.3) is 11.8 Å². The number of hydrogen-bond acceptors (Lipinski definition) is 4. The van der Waals surface area contributed by atoms with Gasteiger partial charge in [-0.1, -0.05) is 0 Å². The van der Waals surface area contributed by atoms with Crippen molar-refractivity contribution in [1.82, 2.24) is 5.32 Å². The summed E-state index contributed by atoms with van der Waals surface area (Å²) in [7, 11) is 1.35. The lowest BCUT2D eigenvalue weighted by molar-refractivity contribution is -0.0462. The molecule has 0 saturated carbocycles. The second-order valence-electron chi connectivity index (χ2n) is 3.66. The Bertz CT molecular complexity index is 438. The zero-order chi connectivity index (χ0) is 13.8. The molecule has 1 amide bonds. The number of halogens is 2. The van der Waals surface area contributed by atoms with Gasteiger partial charge in [0.05, 0.1) is 19.2 Å². The van der Waals surface area contributed by atoms with Crippen molar-refractivity contribution in [2.45, 2.75) is 5.92 Å². The van der Waals surface area contributed by atoms with Crippen molar-refractivity contribution < 1.29 is 23.4 Å². The number of rotatable bonds is 5. The molecule has 0 bridgehead atoms. The molecular formula is C11H14F2N2O3. The molecule has 0 spiro atoms. The van der Waals surface area contributed by atoms with Crippen LogP contribution in [0.2, 0.25) is 0 Å². The van der Waals surface area contributed by atoms with Gasteiger partial charge >= 0.3 is 0 Å². The molecule has 1 aromatic carbocycles. The molecule has 0 radical (unpaired) electrons. The highest BCUT2D eigenvalue weighted by Crippen LogP contribution is 2.21. The number of aliphatic hydroxyl groups excluding tert-OH is 1. The summed E-state index contributed by atoms with van der Waals surface area (Å²) in [6, 6.07) is 4.32. The number of anilines is 1. The Labute approximate surface area is 103 Å². The topological polar surface area (TPSA) is 84.6 Å². The van der Waals surface area contributed by atoms with E-state index in [1.807, 2.05) is 5.32 Å². The van der Waals surface area contributed by atoms with Crippen LogP contribution in [0.25, 0.3) is 0 Å². The van der Waals surface area contributed by atoms with Gasteiger partial charge in [-0.05, 0) is 18.2 Å². The van der Waals surface area contributed by atoms with Crippen LogP contribution in [0.4, 0.5) is 14.5 Å². The average molecular weight is 260 g/mol. The Morgan fingerprint density at radius 1 is 1.56 bits per heavy atom. The Balaban J connectivity index is 2.81. The molecule has 0 fully saturated rings. The number of hydrogen-bond donors (Lipinski definition) is 3. The monoisotopic (exact) mass is 260 g/mol. The number of alkyl halides is 2. The number of benzene rings is 1. The summed E-state index contributed by atoms with van der Waals surface area (Å²) >= 11 is 0. The van der Waals surface area contributed by atoms with E-state index in [1.54, 1.807) is 0 Å². The Kier molecular flexibility index (Phi) is 4.43. The first-order chi connectivity index (χ1) is 8.39. The Morgan fingerprint density at radius 3 is 2.78 bits per heavy atom. The summed E-state index contributed by atoms with van der Waals surface area (Å²) in [6.07, 6.45) is 0. The number of ether oxygens (including phenoxy) is 1. The van der Waals surface area contributed by atoms with Gasteiger partial charge in [-0.15, -0.1) is 0 Å². The third-order valence-electron chi connectivity index (χ3n) is 2.21. The molecule has 0 unspecified atom stereocenters. The quantitative estimate of drug-likeness (QED) is 0.678. The van der Waals surface area contributed by atoms with Crippen LogP contribution >= 0.6 is 0 Å². The number of amides is 1. The van der Waals surface area contributed by atoms with Gasteiger partial charge in [0, 0.05) is 5.69 Å². The van der Waals surface area contributed by atoms with Gasteiger partial charge < -0.3 is 20.9 Å². The number of nitrogens with one attached hydrogen (secondary N) is 1. The minimum atomic E-state index is -3.36. The summed E-state index contributed by atoms with van der Waals surface area (Å²) in [5.74, 6) is -3.87. The van der Waals surface area contributed by atoms with Crippen LogP contribution < -0.4 is 15.8 Å². The van der Waals surface area contributed by atoms with Gasteiger partial charge in [0.15, 0.2) is 0 Å². The lowest BCUT2D eigenvalue weighted by Crippen LogP contribution is -2.39. The predicted molar refractivity (Wildman–Crippen MR) is 61.8 cm³/mol. The molecule has 18 heavy (non-hydrogen) atoms. The van der Waals surface area contributed by atoms with Crippen molar-refractivity contribution in [3.63, 3.8) is 0 Å². The van der Waals surface area contributed by atoms with E-state index in [9.17, 15) is 13.6 Å². The van der Waals surface area contributed by atoms with Gasteiger partial charge in [0.1, 0.15) is 12.4 Å². The lowest BCUT2D eigenvalue weighted by Gasteiger charge is -2.15. The van der Waals surface area contributed by atoms with E-state index in [-0.39, 0.29) is 11.3 Å². The van der Waals surface area contributed by atoms with Crippen LogP contribution in [-0.2, 0) is 0 Å². The molecule has 0 aromatic heterocycles. The SMILES string of the molecule is COc1ccc(N)cc1C(=O)NCC(F)(F)CO. The Morgan fingerprint density at radius 2 is 2.22 bits per heavy atom. The first kappa shape index (κ1) is 14.2. The van der Waals surface area contributed by atoms with Crippen LogP contribution in [0.15, 0.2) is 18.2 Å². The molecule has 1 rings (SSSR count). The number of carbonyl (C=O) groups excluding carboxylic acids is 1. The summed E-state index contributed by atoms with van der Waals surface area (Å²) < 4.78 is 30.5. The smallest absolute Gasteiger partial charge is 0.287 e. The minimum Gasteiger partial charge on any atom is -0.496 e. The van der Waals surface area contributed by atoms with Crippen molar-refractivity contribution in [3.8, 4) is 5.75 Å². The molecule has 0 aliphatic rings. The molecular weight excluding hydrogens is 246 g/mol. The van der Waals surface area contributed by atoms with Crippen molar-refractivity contribution in [2.75, 3.05) is 26.0 Å². The van der Waals surface area contributed by atoms with Crippen LogP contribution in [0, 0.1) is 0 Å². The molecule has 0 atom stereocenters. The van der Waals surface area contributed by atoms with Crippen molar-refractivity contribution >= 4 is 11.6 Å². The highest BCUT2D eigenvalue weighted by atomic mass is 19.3. The van der Waals surface area contributed by atoms with E-state index < -0.39 is 25.0 Å². The second-order valence-corrected chi connectivity index (χ2v) is 3.66. The molecule has 7 heteroatoms. The van der Waals surface area contributed by atoms with E-state index in [1.165, 1.54) is 25.3 Å². The first-order valence-electron chi connectivity index (χ1n) is 5.10. The standard InChI is InChI=1S/C11H14F2N2O3/c1-18-9-3-2-7(14)4-8(9)10(17)15-5-11(12,13)6-16/h2-4,16H,5-6,14H2,1H3,(H,15,17). The van der Waals surface area contributed by atoms with Crippen LogP contribution in [0.1, 0.15) is 10.4 Å². The van der Waals surface area contributed by atoms with E-state index in [0.717, 1.165) is 0 Å². The zero-order valence-electron chi connectivity index (χ0n) is 9.74. The maximum absolute atomic E-state index is 12.8.